The molecule has 0 saturated heterocycles. The first-order valence-corrected chi connectivity index (χ1v) is 4.62. The molecule has 55 valence electrons. The average Bonchev–Trinajstić information content (AvgIpc) is 1.86. The third kappa shape index (κ3) is 2.32. The SMILES string of the molecule is CCS(=O)(=O)C(C)C[NH]. The van der Waals surface area contributed by atoms with E-state index in [1.165, 1.54) is 0 Å². The first-order valence-electron chi connectivity index (χ1n) is 2.90. The molecular formula is C5H12NO2S. The van der Waals surface area contributed by atoms with Gasteiger partial charge in [0.25, 0.3) is 0 Å². The molecule has 9 heavy (non-hydrogen) atoms. The summed E-state index contributed by atoms with van der Waals surface area (Å²) in [7, 11) is -2.94. The molecule has 0 aliphatic rings. The molecule has 0 heterocycles. The summed E-state index contributed by atoms with van der Waals surface area (Å²) >= 11 is 0. The molecule has 1 unspecified atom stereocenters. The summed E-state index contributed by atoms with van der Waals surface area (Å²) in [5.74, 6) is 0.146. The topological polar surface area (TPSA) is 57.9 Å². The van der Waals surface area contributed by atoms with Crippen molar-refractivity contribution in [2.75, 3.05) is 12.3 Å². The van der Waals surface area contributed by atoms with Crippen molar-refractivity contribution in [2.45, 2.75) is 19.1 Å². The number of sulfone groups is 1. The fourth-order valence-electron chi connectivity index (χ4n) is 0.411. The van der Waals surface area contributed by atoms with E-state index in [9.17, 15) is 8.42 Å². The fourth-order valence-corrected chi connectivity index (χ4v) is 1.23. The van der Waals surface area contributed by atoms with Gasteiger partial charge in [-0.25, -0.2) is 8.42 Å². The minimum absolute atomic E-state index is 0.0316. The van der Waals surface area contributed by atoms with Crippen LogP contribution in [0.3, 0.4) is 0 Å². The Bertz CT molecular complexity index is 162. The molecule has 0 aromatic carbocycles. The number of rotatable bonds is 3. The van der Waals surface area contributed by atoms with E-state index in [0.29, 0.717) is 0 Å². The zero-order valence-corrected chi connectivity index (χ0v) is 6.53. The van der Waals surface area contributed by atoms with Crippen molar-refractivity contribution < 1.29 is 8.42 Å². The molecule has 0 aromatic heterocycles. The van der Waals surface area contributed by atoms with E-state index < -0.39 is 15.1 Å². The summed E-state index contributed by atoms with van der Waals surface area (Å²) in [5, 5.41) is -0.498. The maximum Gasteiger partial charge on any atom is 0.153 e. The molecule has 0 aromatic rings. The quantitative estimate of drug-likeness (QED) is 0.572. The maximum absolute atomic E-state index is 10.8. The van der Waals surface area contributed by atoms with E-state index in [4.69, 9.17) is 5.73 Å². The van der Waals surface area contributed by atoms with Gasteiger partial charge in [-0.1, -0.05) is 6.92 Å². The van der Waals surface area contributed by atoms with Gasteiger partial charge in [0.05, 0.1) is 5.25 Å². The second kappa shape index (κ2) is 3.17. The lowest BCUT2D eigenvalue weighted by Crippen LogP contribution is -2.23. The van der Waals surface area contributed by atoms with E-state index in [1.807, 2.05) is 0 Å². The third-order valence-corrected chi connectivity index (χ3v) is 3.50. The standard InChI is InChI=1S/C5H12NO2S/c1-3-9(7,8)5(2)4-6/h5-6H,3-4H2,1-2H3. The van der Waals surface area contributed by atoms with Gasteiger partial charge in [0.2, 0.25) is 0 Å². The lowest BCUT2D eigenvalue weighted by atomic mass is 10.5. The van der Waals surface area contributed by atoms with E-state index in [1.54, 1.807) is 13.8 Å². The molecule has 0 amide bonds. The number of hydrogen-bond donors (Lipinski definition) is 0. The molecule has 0 aliphatic carbocycles. The summed E-state index contributed by atoms with van der Waals surface area (Å²) in [6.07, 6.45) is 0. The number of hydrogen-bond acceptors (Lipinski definition) is 2. The highest BCUT2D eigenvalue weighted by Crippen LogP contribution is 1.98. The predicted octanol–water partition coefficient (Wildman–Crippen LogP) is 0.0925. The zero-order chi connectivity index (χ0) is 7.49. The van der Waals surface area contributed by atoms with Gasteiger partial charge < -0.3 is 0 Å². The van der Waals surface area contributed by atoms with Gasteiger partial charge in [0.1, 0.15) is 0 Å². The van der Waals surface area contributed by atoms with Gasteiger partial charge in [-0.15, -0.1) is 0 Å². The minimum atomic E-state index is -2.94. The predicted molar refractivity (Wildman–Crippen MR) is 36.9 cm³/mol. The molecule has 0 spiro atoms. The molecule has 0 bridgehead atoms. The summed E-state index contributed by atoms with van der Waals surface area (Å²) in [4.78, 5) is 0. The molecular weight excluding hydrogens is 138 g/mol. The Kier molecular flexibility index (Phi) is 3.14. The Labute approximate surface area is 56.2 Å². The van der Waals surface area contributed by atoms with Crippen LogP contribution in [0.15, 0.2) is 0 Å². The zero-order valence-electron chi connectivity index (χ0n) is 5.72. The fraction of sp³-hybridized carbons (Fsp3) is 1.00. The first kappa shape index (κ1) is 8.91. The molecule has 4 heteroatoms. The normalized spacial score (nSPS) is 15.4. The van der Waals surface area contributed by atoms with Crippen molar-refractivity contribution in [1.82, 2.24) is 5.73 Å². The molecule has 1 N–H and O–H groups in total. The van der Waals surface area contributed by atoms with Gasteiger partial charge >= 0.3 is 0 Å². The van der Waals surface area contributed by atoms with Crippen LogP contribution in [0.25, 0.3) is 0 Å². The molecule has 3 nitrogen and oxygen atoms in total. The second-order valence-corrected chi connectivity index (χ2v) is 4.67. The van der Waals surface area contributed by atoms with Gasteiger partial charge in [-0.2, -0.15) is 0 Å². The summed E-state index contributed by atoms with van der Waals surface area (Å²) < 4.78 is 21.6. The van der Waals surface area contributed by atoms with Gasteiger partial charge in [0.15, 0.2) is 9.84 Å². The van der Waals surface area contributed by atoms with E-state index in [-0.39, 0.29) is 12.3 Å². The molecule has 0 rings (SSSR count). The van der Waals surface area contributed by atoms with Crippen LogP contribution in [-0.4, -0.2) is 26.0 Å². The van der Waals surface area contributed by atoms with Gasteiger partial charge in [0, 0.05) is 12.3 Å². The largest absolute Gasteiger partial charge is 0.257 e. The lowest BCUT2D eigenvalue weighted by Gasteiger charge is -2.05. The van der Waals surface area contributed by atoms with Crippen LogP contribution in [0.5, 0.6) is 0 Å². The summed E-state index contributed by atoms with van der Waals surface area (Å²) in [5.41, 5.74) is 6.79. The maximum atomic E-state index is 10.8. The molecule has 1 atom stereocenters. The highest BCUT2D eigenvalue weighted by atomic mass is 32.2. The summed E-state index contributed by atoms with van der Waals surface area (Å²) in [6.45, 7) is 3.13. The highest BCUT2D eigenvalue weighted by Gasteiger charge is 2.15. The van der Waals surface area contributed by atoms with Crippen LogP contribution in [0, 0.1) is 0 Å². The Hall–Kier alpha value is -0.0900. The first-order chi connectivity index (χ1) is 4.04. The number of nitrogens with one attached hydrogen (secondary N) is 1. The highest BCUT2D eigenvalue weighted by molar-refractivity contribution is 7.92. The Morgan fingerprint density at radius 2 is 2.00 bits per heavy atom. The smallest absolute Gasteiger partial charge is 0.153 e. The average molecular weight is 150 g/mol. The van der Waals surface area contributed by atoms with Crippen molar-refractivity contribution in [3.63, 3.8) is 0 Å². The van der Waals surface area contributed by atoms with E-state index >= 15 is 0 Å². The van der Waals surface area contributed by atoms with E-state index in [0.717, 1.165) is 0 Å². The minimum Gasteiger partial charge on any atom is -0.257 e. The van der Waals surface area contributed by atoms with E-state index in [2.05, 4.69) is 0 Å². The molecule has 0 aliphatic heterocycles. The van der Waals surface area contributed by atoms with Crippen molar-refractivity contribution >= 4 is 9.84 Å². The van der Waals surface area contributed by atoms with Crippen molar-refractivity contribution in [1.29, 1.82) is 0 Å². The Morgan fingerprint density at radius 1 is 1.56 bits per heavy atom. The van der Waals surface area contributed by atoms with Crippen LogP contribution in [-0.2, 0) is 9.84 Å². The Balaban J connectivity index is 4.17. The summed E-state index contributed by atoms with van der Waals surface area (Å²) in [6, 6.07) is 0. The van der Waals surface area contributed by atoms with Crippen molar-refractivity contribution in [3.05, 3.63) is 0 Å². The van der Waals surface area contributed by atoms with Crippen LogP contribution < -0.4 is 5.73 Å². The van der Waals surface area contributed by atoms with Crippen LogP contribution in [0.1, 0.15) is 13.8 Å². The van der Waals surface area contributed by atoms with Crippen molar-refractivity contribution in [3.8, 4) is 0 Å². The third-order valence-electron chi connectivity index (χ3n) is 1.30. The van der Waals surface area contributed by atoms with Crippen molar-refractivity contribution in [2.24, 2.45) is 0 Å². The monoisotopic (exact) mass is 150 g/mol. The van der Waals surface area contributed by atoms with Gasteiger partial charge in [-0.05, 0) is 6.92 Å². The van der Waals surface area contributed by atoms with Gasteiger partial charge in [-0.3, -0.25) is 5.73 Å². The lowest BCUT2D eigenvalue weighted by molar-refractivity contribution is 0.584. The Morgan fingerprint density at radius 3 is 2.11 bits per heavy atom. The van der Waals surface area contributed by atoms with Crippen LogP contribution in [0.2, 0.25) is 0 Å². The van der Waals surface area contributed by atoms with Crippen LogP contribution in [0.4, 0.5) is 0 Å². The second-order valence-electron chi connectivity index (χ2n) is 1.97. The van der Waals surface area contributed by atoms with Crippen LogP contribution >= 0.6 is 0 Å². The molecule has 1 radical (unpaired) electrons. The molecule has 0 saturated carbocycles. The molecule has 0 fully saturated rings.